The first-order chi connectivity index (χ1) is 10.3. The van der Waals surface area contributed by atoms with Crippen molar-refractivity contribution in [3.05, 3.63) is 41.6 Å². The molecule has 3 rings (SSSR count). The molecule has 6 nitrogen and oxygen atoms in total. The van der Waals surface area contributed by atoms with E-state index in [1.807, 2.05) is 0 Å². The molecular weight excluding hydrogens is 306 g/mol. The molecule has 22 heavy (non-hydrogen) atoms. The van der Waals surface area contributed by atoms with E-state index in [-0.39, 0.29) is 17.0 Å². The zero-order valence-electron chi connectivity index (χ0n) is 10.6. The smallest absolute Gasteiger partial charge is 0.365 e. The lowest BCUT2D eigenvalue weighted by atomic mass is 10.1. The van der Waals surface area contributed by atoms with Crippen LogP contribution in [0, 0.1) is 5.82 Å². The fourth-order valence-electron chi connectivity index (χ4n) is 2.15. The van der Waals surface area contributed by atoms with Gasteiger partial charge in [0.1, 0.15) is 5.69 Å². The summed E-state index contributed by atoms with van der Waals surface area (Å²) in [7, 11) is 0. The number of pyridine rings is 1. The second-order valence-electron chi connectivity index (χ2n) is 4.37. The van der Waals surface area contributed by atoms with E-state index in [2.05, 4.69) is 10.1 Å². The van der Waals surface area contributed by atoms with E-state index in [1.54, 1.807) is 5.10 Å². The van der Waals surface area contributed by atoms with Crippen LogP contribution in [-0.4, -0.2) is 25.5 Å². The Balaban J connectivity index is 2.32. The van der Waals surface area contributed by atoms with Crippen molar-refractivity contribution in [3.63, 3.8) is 0 Å². The molecule has 1 amide bonds. The third-order valence-electron chi connectivity index (χ3n) is 3.04. The van der Waals surface area contributed by atoms with Gasteiger partial charge >= 0.3 is 6.18 Å². The number of primary amides is 1. The number of amides is 1. The van der Waals surface area contributed by atoms with Crippen molar-refractivity contribution in [2.24, 2.45) is 5.73 Å². The number of hydrogen-bond acceptors (Lipinski definition) is 3. The van der Waals surface area contributed by atoms with Crippen molar-refractivity contribution in [1.29, 1.82) is 0 Å². The Morgan fingerprint density at radius 1 is 1.32 bits per heavy atom. The maximum absolute atomic E-state index is 13.6. The van der Waals surface area contributed by atoms with Crippen molar-refractivity contribution < 1.29 is 22.4 Å². The number of fused-ring (bicyclic) bond motifs is 1. The van der Waals surface area contributed by atoms with Crippen molar-refractivity contribution >= 4 is 11.6 Å². The van der Waals surface area contributed by atoms with Gasteiger partial charge in [-0.1, -0.05) is 0 Å². The number of nitrogens with two attached hydrogens (primary N) is 1. The van der Waals surface area contributed by atoms with Gasteiger partial charge in [0.25, 0.3) is 5.91 Å². The van der Waals surface area contributed by atoms with E-state index < -0.39 is 29.2 Å². The molecule has 0 unspecified atom stereocenters. The first-order valence-corrected chi connectivity index (χ1v) is 5.88. The zero-order chi connectivity index (χ0) is 16.1. The third-order valence-corrected chi connectivity index (χ3v) is 3.04. The minimum atomic E-state index is -4.83. The van der Waals surface area contributed by atoms with Crippen LogP contribution >= 0.6 is 0 Å². The molecule has 3 N–H and O–H groups in total. The number of H-pyrrole nitrogens is 1. The molecule has 0 atom stereocenters. The molecule has 114 valence electrons. The Morgan fingerprint density at radius 2 is 2.05 bits per heavy atom. The lowest BCUT2D eigenvalue weighted by Crippen LogP contribution is -2.18. The monoisotopic (exact) mass is 313 g/mol. The molecule has 0 saturated heterocycles. The number of alkyl halides is 3. The summed E-state index contributed by atoms with van der Waals surface area (Å²) in [4.78, 5) is 15.2. The van der Waals surface area contributed by atoms with Gasteiger partial charge in [-0.15, -0.1) is 0 Å². The maximum atomic E-state index is 13.6. The van der Waals surface area contributed by atoms with E-state index in [4.69, 9.17) is 5.73 Å². The summed E-state index contributed by atoms with van der Waals surface area (Å²) in [5.74, 6) is -1.96. The summed E-state index contributed by atoms with van der Waals surface area (Å²) in [6.07, 6.45) is -2.23. The Kier molecular flexibility index (Phi) is 2.90. The molecule has 0 aliphatic heterocycles. The van der Waals surface area contributed by atoms with E-state index in [1.165, 1.54) is 22.9 Å². The Labute approximate surface area is 119 Å². The summed E-state index contributed by atoms with van der Waals surface area (Å²) >= 11 is 0. The van der Waals surface area contributed by atoms with Crippen LogP contribution in [0.15, 0.2) is 24.5 Å². The molecule has 3 aromatic rings. The zero-order valence-corrected chi connectivity index (χ0v) is 10.6. The van der Waals surface area contributed by atoms with Gasteiger partial charge in [0.15, 0.2) is 17.2 Å². The van der Waals surface area contributed by atoms with E-state index in [9.17, 15) is 22.4 Å². The highest BCUT2D eigenvalue weighted by atomic mass is 19.4. The van der Waals surface area contributed by atoms with E-state index in [0.717, 1.165) is 6.07 Å². The molecule has 0 aliphatic carbocycles. The van der Waals surface area contributed by atoms with Crippen LogP contribution in [0.25, 0.3) is 17.0 Å². The summed E-state index contributed by atoms with van der Waals surface area (Å²) in [5.41, 5.74) is 2.49. The fraction of sp³-hybridized carbons (Fsp3) is 0.0833. The van der Waals surface area contributed by atoms with Crippen molar-refractivity contribution in [3.8, 4) is 11.4 Å². The van der Waals surface area contributed by atoms with Crippen LogP contribution in [0.4, 0.5) is 17.6 Å². The van der Waals surface area contributed by atoms with Crippen LogP contribution in [0.3, 0.4) is 0 Å². The molecular formula is C12H7F4N5O. The first-order valence-electron chi connectivity index (χ1n) is 5.88. The third kappa shape index (κ3) is 2.00. The van der Waals surface area contributed by atoms with Crippen molar-refractivity contribution in [1.82, 2.24) is 19.6 Å². The van der Waals surface area contributed by atoms with Crippen LogP contribution in [-0.2, 0) is 6.18 Å². The van der Waals surface area contributed by atoms with Gasteiger partial charge in [0, 0.05) is 12.4 Å². The molecule has 3 aromatic heterocycles. The molecule has 0 fully saturated rings. The van der Waals surface area contributed by atoms with Gasteiger partial charge in [0.05, 0.1) is 11.3 Å². The quantitative estimate of drug-likeness (QED) is 0.709. The number of halogens is 4. The minimum absolute atomic E-state index is 0.0504. The first kappa shape index (κ1) is 14.0. The largest absolute Gasteiger partial charge is 0.433 e. The number of carbonyl (C=O) groups excluding carboxylic acids is 1. The number of rotatable bonds is 2. The molecule has 0 radical (unpaired) electrons. The number of aromatic nitrogens is 4. The van der Waals surface area contributed by atoms with Gasteiger partial charge < -0.3 is 5.73 Å². The molecule has 0 saturated carbocycles. The van der Waals surface area contributed by atoms with Gasteiger partial charge in [-0.05, 0) is 12.1 Å². The van der Waals surface area contributed by atoms with Gasteiger partial charge in [-0.3, -0.25) is 14.3 Å². The summed E-state index contributed by atoms with van der Waals surface area (Å²) in [5, 5.41) is 5.28. The fourth-order valence-corrected chi connectivity index (χ4v) is 2.15. The van der Waals surface area contributed by atoms with Gasteiger partial charge in [0.2, 0.25) is 0 Å². The number of carbonyl (C=O) groups is 1. The number of aromatic amines is 1. The molecule has 0 spiro atoms. The topological polar surface area (TPSA) is 89.1 Å². The second-order valence-corrected chi connectivity index (χ2v) is 4.37. The Bertz CT molecular complexity index is 879. The summed E-state index contributed by atoms with van der Waals surface area (Å²) in [6, 6.07) is 2.21. The standard InChI is InChI=1S/C12H7F4N5O/c13-5-1-2-6(21-4-3-18-11(5)21)8-7(10(17)22)9(20-19-8)12(14,15)16/h1-4H,(H2,17,22)(H,19,20). The highest BCUT2D eigenvalue weighted by Gasteiger charge is 2.39. The Morgan fingerprint density at radius 3 is 2.68 bits per heavy atom. The van der Waals surface area contributed by atoms with Crippen LogP contribution in [0.1, 0.15) is 16.1 Å². The average molecular weight is 313 g/mol. The molecule has 10 heteroatoms. The lowest BCUT2D eigenvalue weighted by molar-refractivity contribution is -0.141. The van der Waals surface area contributed by atoms with Gasteiger partial charge in [-0.25, -0.2) is 9.37 Å². The van der Waals surface area contributed by atoms with E-state index >= 15 is 0 Å². The van der Waals surface area contributed by atoms with Crippen molar-refractivity contribution in [2.45, 2.75) is 6.18 Å². The minimum Gasteiger partial charge on any atom is -0.365 e. The van der Waals surface area contributed by atoms with Gasteiger partial charge in [-0.2, -0.15) is 18.3 Å². The summed E-state index contributed by atoms with van der Waals surface area (Å²) < 4.78 is 53.5. The van der Waals surface area contributed by atoms with Crippen LogP contribution in [0.5, 0.6) is 0 Å². The van der Waals surface area contributed by atoms with Crippen molar-refractivity contribution in [2.75, 3.05) is 0 Å². The predicted molar refractivity (Wildman–Crippen MR) is 66.3 cm³/mol. The highest BCUT2D eigenvalue weighted by molar-refractivity contribution is 6.00. The molecule has 0 bridgehead atoms. The second kappa shape index (κ2) is 4.55. The van der Waals surface area contributed by atoms with Crippen LogP contribution < -0.4 is 5.73 Å². The normalized spacial score (nSPS) is 12.0. The SMILES string of the molecule is NC(=O)c1c(-c2ccc(F)c3nccn23)n[nH]c1C(F)(F)F. The molecule has 3 heterocycles. The summed E-state index contributed by atoms with van der Waals surface area (Å²) in [6.45, 7) is 0. The number of imidazole rings is 1. The maximum Gasteiger partial charge on any atom is 0.433 e. The predicted octanol–water partition coefficient (Wildman–Crippen LogP) is 1.98. The van der Waals surface area contributed by atoms with E-state index in [0.29, 0.717) is 0 Å². The van der Waals surface area contributed by atoms with Crippen LogP contribution in [0.2, 0.25) is 0 Å². The Hall–Kier alpha value is -2.91. The number of hydrogen-bond donors (Lipinski definition) is 2. The average Bonchev–Trinajstić information content (AvgIpc) is 3.04. The highest BCUT2D eigenvalue weighted by Crippen LogP contribution is 2.35. The lowest BCUT2D eigenvalue weighted by Gasteiger charge is -2.07. The number of nitrogens with one attached hydrogen (secondary N) is 1. The number of nitrogens with zero attached hydrogens (tertiary/aromatic N) is 3. The molecule has 0 aromatic carbocycles. The molecule has 0 aliphatic rings.